The Morgan fingerprint density at radius 3 is 2.77 bits per heavy atom. The molecule has 2 rings (SSSR count). The fraction of sp³-hybridized carbons (Fsp3) is 0.588. The molecular weight excluding hydrogens is 278 g/mol. The van der Waals surface area contributed by atoms with Crippen LogP contribution < -0.4 is 11.1 Å². The highest BCUT2D eigenvalue weighted by Gasteiger charge is 2.29. The summed E-state index contributed by atoms with van der Waals surface area (Å²) in [5.74, 6) is 0.296. The van der Waals surface area contributed by atoms with Crippen LogP contribution in [0.3, 0.4) is 0 Å². The summed E-state index contributed by atoms with van der Waals surface area (Å²) in [6.45, 7) is 4.04. The SMILES string of the molecule is CCC(O)CC1CC(NCc2ccccc2)CN(C(N)=O)C1. The maximum Gasteiger partial charge on any atom is 0.314 e. The van der Waals surface area contributed by atoms with Crippen molar-refractivity contribution in [3.8, 4) is 0 Å². The number of primary amides is 1. The zero-order chi connectivity index (χ0) is 15.9. The molecule has 1 heterocycles. The summed E-state index contributed by atoms with van der Waals surface area (Å²) < 4.78 is 0. The van der Waals surface area contributed by atoms with E-state index < -0.39 is 0 Å². The minimum absolute atomic E-state index is 0.218. The first kappa shape index (κ1) is 16.8. The molecule has 1 aliphatic rings. The molecule has 3 unspecified atom stereocenters. The molecule has 0 radical (unpaired) electrons. The number of carbonyl (C=O) groups is 1. The minimum atomic E-state index is -0.373. The Kier molecular flexibility index (Phi) is 6.21. The van der Waals surface area contributed by atoms with Crippen LogP contribution in [0.15, 0.2) is 30.3 Å². The molecule has 0 spiro atoms. The molecule has 22 heavy (non-hydrogen) atoms. The number of piperidine rings is 1. The second kappa shape index (κ2) is 8.15. The van der Waals surface area contributed by atoms with E-state index in [2.05, 4.69) is 17.4 Å². The van der Waals surface area contributed by atoms with Crippen molar-refractivity contribution in [1.82, 2.24) is 10.2 Å². The van der Waals surface area contributed by atoms with E-state index in [1.54, 1.807) is 4.90 Å². The number of likely N-dealkylation sites (tertiary alicyclic amines) is 1. The number of rotatable bonds is 6. The van der Waals surface area contributed by atoms with Gasteiger partial charge in [0.1, 0.15) is 0 Å². The number of nitrogens with two attached hydrogens (primary N) is 1. The van der Waals surface area contributed by atoms with Gasteiger partial charge in [-0.2, -0.15) is 0 Å². The van der Waals surface area contributed by atoms with Gasteiger partial charge in [0.2, 0.25) is 0 Å². The number of hydrogen-bond acceptors (Lipinski definition) is 3. The molecule has 1 fully saturated rings. The van der Waals surface area contributed by atoms with Crippen LogP contribution in [0.25, 0.3) is 0 Å². The number of benzene rings is 1. The van der Waals surface area contributed by atoms with E-state index in [1.807, 2.05) is 25.1 Å². The summed E-state index contributed by atoms with van der Waals surface area (Å²) >= 11 is 0. The van der Waals surface area contributed by atoms with Crippen molar-refractivity contribution in [2.75, 3.05) is 13.1 Å². The average Bonchev–Trinajstić information content (AvgIpc) is 2.53. The highest BCUT2D eigenvalue weighted by molar-refractivity contribution is 5.72. The molecule has 1 aliphatic heterocycles. The first-order valence-corrected chi connectivity index (χ1v) is 8.08. The van der Waals surface area contributed by atoms with Crippen LogP contribution in [-0.2, 0) is 6.54 Å². The summed E-state index contributed by atoms with van der Waals surface area (Å²) in [7, 11) is 0. The third-order valence-electron chi connectivity index (χ3n) is 4.36. The summed E-state index contributed by atoms with van der Waals surface area (Å²) in [6, 6.07) is 10.1. The monoisotopic (exact) mass is 305 g/mol. The van der Waals surface area contributed by atoms with E-state index in [0.717, 1.165) is 25.8 Å². The van der Waals surface area contributed by atoms with Crippen molar-refractivity contribution in [3.05, 3.63) is 35.9 Å². The molecule has 122 valence electrons. The van der Waals surface area contributed by atoms with Crippen molar-refractivity contribution < 1.29 is 9.90 Å². The quantitative estimate of drug-likeness (QED) is 0.748. The molecule has 0 aromatic heterocycles. The number of carbonyl (C=O) groups excluding carboxylic acids is 1. The van der Waals surface area contributed by atoms with E-state index in [0.29, 0.717) is 19.0 Å². The van der Waals surface area contributed by atoms with Crippen molar-refractivity contribution in [3.63, 3.8) is 0 Å². The fourth-order valence-corrected chi connectivity index (χ4v) is 3.11. The van der Waals surface area contributed by atoms with E-state index in [9.17, 15) is 9.90 Å². The number of hydrogen-bond donors (Lipinski definition) is 3. The molecule has 2 amide bonds. The van der Waals surface area contributed by atoms with Gasteiger partial charge in [-0.3, -0.25) is 0 Å². The topological polar surface area (TPSA) is 78.6 Å². The number of amides is 2. The summed E-state index contributed by atoms with van der Waals surface area (Å²) in [6.07, 6.45) is 2.14. The molecule has 0 aliphatic carbocycles. The van der Waals surface area contributed by atoms with Crippen molar-refractivity contribution in [1.29, 1.82) is 0 Å². The molecule has 4 N–H and O–H groups in total. The average molecular weight is 305 g/mol. The van der Waals surface area contributed by atoms with Gasteiger partial charge in [0.25, 0.3) is 0 Å². The number of nitrogens with one attached hydrogen (secondary N) is 1. The summed E-state index contributed by atoms with van der Waals surface area (Å²) in [4.78, 5) is 13.2. The fourth-order valence-electron chi connectivity index (χ4n) is 3.11. The van der Waals surface area contributed by atoms with E-state index in [-0.39, 0.29) is 18.2 Å². The second-order valence-corrected chi connectivity index (χ2v) is 6.21. The summed E-state index contributed by atoms with van der Waals surface area (Å²) in [5.41, 5.74) is 6.68. The normalized spacial score (nSPS) is 23.3. The zero-order valence-corrected chi connectivity index (χ0v) is 13.2. The lowest BCUT2D eigenvalue weighted by atomic mass is 9.89. The number of nitrogens with zero attached hydrogens (tertiary/aromatic N) is 1. The Morgan fingerprint density at radius 1 is 1.41 bits per heavy atom. The lowest BCUT2D eigenvalue weighted by molar-refractivity contribution is 0.0953. The second-order valence-electron chi connectivity index (χ2n) is 6.21. The standard InChI is InChI=1S/C17H27N3O2/c1-2-16(21)9-14-8-15(12-20(11-14)17(18)22)19-10-13-6-4-3-5-7-13/h3-7,14-16,19,21H,2,8-12H2,1H3,(H2,18,22). The summed E-state index contributed by atoms with van der Waals surface area (Å²) in [5, 5.41) is 13.4. The van der Waals surface area contributed by atoms with Gasteiger partial charge in [-0.25, -0.2) is 4.79 Å². The molecule has 0 saturated carbocycles. The van der Waals surface area contributed by atoms with E-state index in [1.165, 1.54) is 5.56 Å². The highest BCUT2D eigenvalue weighted by atomic mass is 16.3. The molecule has 5 heteroatoms. The molecule has 1 aromatic rings. The predicted octanol–water partition coefficient (Wildman–Crippen LogP) is 1.71. The van der Waals surface area contributed by atoms with Crippen molar-refractivity contribution >= 4 is 6.03 Å². The van der Waals surface area contributed by atoms with Crippen LogP contribution in [0, 0.1) is 5.92 Å². The third-order valence-corrected chi connectivity index (χ3v) is 4.36. The Labute approximate surface area is 132 Å². The van der Waals surface area contributed by atoms with Gasteiger partial charge < -0.3 is 21.1 Å². The maximum absolute atomic E-state index is 11.5. The van der Waals surface area contributed by atoms with Gasteiger partial charge in [-0.1, -0.05) is 37.3 Å². The van der Waals surface area contributed by atoms with Crippen LogP contribution in [-0.4, -0.2) is 41.3 Å². The largest absolute Gasteiger partial charge is 0.393 e. The lowest BCUT2D eigenvalue weighted by Crippen LogP contribution is -2.53. The van der Waals surface area contributed by atoms with Gasteiger partial charge in [-0.15, -0.1) is 0 Å². The van der Waals surface area contributed by atoms with E-state index >= 15 is 0 Å². The Hall–Kier alpha value is -1.59. The first-order chi connectivity index (χ1) is 10.6. The van der Waals surface area contributed by atoms with Crippen molar-refractivity contribution in [2.24, 2.45) is 11.7 Å². The Bertz CT molecular complexity index is 466. The van der Waals surface area contributed by atoms with Crippen LogP contribution >= 0.6 is 0 Å². The van der Waals surface area contributed by atoms with Crippen LogP contribution in [0.1, 0.15) is 31.7 Å². The van der Waals surface area contributed by atoms with Crippen LogP contribution in [0.4, 0.5) is 4.79 Å². The minimum Gasteiger partial charge on any atom is -0.393 e. The van der Waals surface area contributed by atoms with Gasteiger partial charge in [0, 0.05) is 25.7 Å². The molecule has 0 bridgehead atoms. The van der Waals surface area contributed by atoms with E-state index in [4.69, 9.17) is 5.73 Å². The van der Waals surface area contributed by atoms with Crippen LogP contribution in [0.5, 0.6) is 0 Å². The van der Waals surface area contributed by atoms with Gasteiger partial charge in [-0.05, 0) is 30.7 Å². The molecular formula is C17H27N3O2. The number of aliphatic hydroxyl groups is 1. The lowest BCUT2D eigenvalue weighted by Gasteiger charge is -2.38. The number of urea groups is 1. The first-order valence-electron chi connectivity index (χ1n) is 8.08. The Morgan fingerprint density at radius 2 is 2.14 bits per heavy atom. The van der Waals surface area contributed by atoms with Gasteiger partial charge in [0.15, 0.2) is 0 Å². The number of aliphatic hydroxyl groups excluding tert-OH is 1. The Balaban J connectivity index is 1.92. The smallest absolute Gasteiger partial charge is 0.314 e. The zero-order valence-electron chi connectivity index (χ0n) is 13.2. The molecule has 1 aromatic carbocycles. The maximum atomic E-state index is 11.5. The predicted molar refractivity (Wildman–Crippen MR) is 87.2 cm³/mol. The highest BCUT2D eigenvalue weighted by Crippen LogP contribution is 2.22. The molecule has 5 nitrogen and oxygen atoms in total. The van der Waals surface area contributed by atoms with Crippen molar-refractivity contribution in [2.45, 2.75) is 44.9 Å². The van der Waals surface area contributed by atoms with Gasteiger partial charge >= 0.3 is 6.03 Å². The van der Waals surface area contributed by atoms with Gasteiger partial charge in [0.05, 0.1) is 6.10 Å². The molecule has 3 atom stereocenters. The molecule has 1 saturated heterocycles. The van der Waals surface area contributed by atoms with Crippen LogP contribution in [0.2, 0.25) is 0 Å². The third kappa shape index (κ3) is 5.00.